The zero-order chi connectivity index (χ0) is 16.4. The molecule has 0 amide bonds. The number of nitrogen functional groups attached to an aromatic ring is 1. The Morgan fingerprint density at radius 3 is 2.62 bits per heavy atom. The minimum absolute atomic E-state index is 0. The molecule has 0 radical (unpaired) electrons. The minimum Gasteiger partial charge on any atom is -0.399 e. The van der Waals surface area contributed by atoms with Gasteiger partial charge in [-0.25, -0.2) is 0 Å². The molecule has 0 atom stereocenters. The molecule has 1 aliphatic rings. The van der Waals surface area contributed by atoms with Crippen molar-refractivity contribution in [3.63, 3.8) is 0 Å². The van der Waals surface area contributed by atoms with Crippen LogP contribution in [0.2, 0.25) is 10.0 Å². The van der Waals surface area contributed by atoms with Crippen molar-refractivity contribution in [2.75, 3.05) is 30.8 Å². The van der Waals surface area contributed by atoms with Crippen LogP contribution in [0.4, 0.5) is 11.4 Å². The third kappa shape index (κ3) is 4.04. The van der Waals surface area contributed by atoms with Gasteiger partial charge in [0.05, 0.1) is 22.3 Å². The third-order valence-corrected chi connectivity index (χ3v) is 4.54. The molecular weight excluding hydrogens is 365 g/mol. The Kier molecular flexibility index (Phi) is 6.16. The Bertz CT molecular complexity index is 800. The van der Waals surface area contributed by atoms with Crippen LogP contribution in [0.3, 0.4) is 0 Å². The fourth-order valence-corrected chi connectivity index (χ4v) is 2.86. The second kappa shape index (κ2) is 7.93. The highest BCUT2D eigenvalue weighted by atomic mass is 35.5. The molecule has 3 nitrogen and oxygen atoms in total. The lowest BCUT2D eigenvalue weighted by atomic mass is 10.0. The minimum atomic E-state index is 0. The van der Waals surface area contributed by atoms with Crippen molar-refractivity contribution >= 4 is 58.8 Å². The first-order valence-corrected chi connectivity index (χ1v) is 8.09. The lowest BCUT2D eigenvalue weighted by Crippen LogP contribution is -2.20. The smallest absolute Gasteiger partial charge is 0.0669 e. The van der Waals surface area contributed by atoms with Gasteiger partial charge in [-0.3, -0.25) is 4.99 Å². The number of nitrogens with two attached hydrogens (primary N) is 1. The predicted octanol–water partition coefficient (Wildman–Crippen LogP) is 4.95. The highest BCUT2D eigenvalue weighted by Crippen LogP contribution is 2.26. The number of hydrogen-bond acceptors (Lipinski definition) is 3. The van der Waals surface area contributed by atoms with Crippen molar-refractivity contribution in [2.24, 2.45) is 4.99 Å². The normalized spacial score (nSPS) is 14.0. The quantitative estimate of drug-likeness (QED) is 0.747. The molecule has 0 fully saturated rings. The van der Waals surface area contributed by atoms with Crippen molar-refractivity contribution in [3.8, 4) is 0 Å². The van der Waals surface area contributed by atoms with E-state index in [-0.39, 0.29) is 12.4 Å². The van der Waals surface area contributed by atoms with E-state index in [4.69, 9.17) is 28.9 Å². The van der Waals surface area contributed by atoms with Crippen molar-refractivity contribution in [1.82, 2.24) is 0 Å². The number of allylic oxidation sites excluding steroid dienone is 1. The van der Waals surface area contributed by atoms with Crippen LogP contribution in [0.25, 0.3) is 6.08 Å². The Balaban J connectivity index is 0.00000208. The third-order valence-electron chi connectivity index (χ3n) is 3.80. The van der Waals surface area contributed by atoms with Gasteiger partial charge in [-0.05, 0) is 42.0 Å². The maximum Gasteiger partial charge on any atom is 0.0669 e. The summed E-state index contributed by atoms with van der Waals surface area (Å²) in [5.41, 5.74) is 10.8. The number of nitrogens with zero attached hydrogens (tertiary/aromatic N) is 2. The summed E-state index contributed by atoms with van der Waals surface area (Å²) in [6.45, 7) is 1.62. The second-order valence-corrected chi connectivity index (χ2v) is 6.29. The van der Waals surface area contributed by atoms with Gasteiger partial charge in [-0.1, -0.05) is 35.3 Å². The number of rotatable bonds is 2. The molecule has 0 saturated carbocycles. The molecule has 0 saturated heterocycles. The van der Waals surface area contributed by atoms with Gasteiger partial charge in [0.1, 0.15) is 0 Å². The number of anilines is 2. The van der Waals surface area contributed by atoms with Crippen LogP contribution in [0.5, 0.6) is 0 Å². The fourth-order valence-electron chi connectivity index (χ4n) is 2.55. The molecule has 0 aromatic heterocycles. The van der Waals surface area contributed by atoms with Crippen molar-refractivity contribution in [2.45, 2.75) is 0 Å². The Morgan fingerprint density at radius 2 is 1.88 bits per heavy atom. The summed E-state index contributed by atoms with van der Waals surface area (Å²) in [5, 5.41) is 1.09. The average molecular weight is 383 g/mol. The van der Waals surface area contributed by atoms with Crippen LogP contribution in [-0.4, -0.2) is 25.8 Å². The van der Waals surface area contributed by atoms with Crippen LogP contribution < -0.4 is 10.6 Å². The number of likely N-dealkylation sites (N-methyl/N-ethyl adjacent to an activating group) is 1. The molecule has 0 unspecified atom stereocenters. The molecule has 0 bridgehead atoms. The van der Waals surface area contributed by atoms with Gasteiger partial charge in [0, 0.05) is 30.5 Å². The number of hydrogen-bond donors (Lipinski definition) is 1. The van der Waals surface area contributed by atoms with Gasteiger partial charge >= 0.3 is 0 Å². The number of benzodiazepines with no additional fused rings is 1. The molecular formula is C18H18Cl3N3. The van der Waals surface area contributed by atoms with E-state index in [1.807, 2.05) is 42.5 Å². The molecule has 2 aromatic rings. The Labute approximate surface area is 158 Å². The van der Waals surface area contributed by atoms with E-state index in [0.29, 0.717) is 10.0 Å². The van der Waals surface area contributed by atoms with Gasteiger partial charge in [0.25, 0.3) is 0 Å². The molecule has 0 spiro atoms. The first kappa shape index (κ1) is 18.7. The van der Waals surface area contributed by atoms with Crippen molar-refractivity contribution in [3.05, 3.63) is 63.6 Å². The number of aliphatic imine (C=N–C) groups is 1. The monoisotopic (exact) mass is 381 g/mol. The lowest BCUT2D eigenvalue weighted by molar-refractivity contribution is 0.897. The van der Waals surface area contributed by atoms with Crippen LogP contribution in [0.15, 0.2) is 47.5 Å². The molecule has 2 aromatic carbocycles. The first-order chi connectivity index (χ1) is 11.0. The second-order valence-electron chi connectivity index (χ2n) is 5.47. The first-order valence-electron chi connectivity index (χ1n) is 7.33. The van der Waals surface area contributed by atoms with Crippen LogP contribution in [-0.2, 0) is 0 Å². The summed E-state index contributed by atoms with van der Waals surface area (Å²) in [6, 6.07) is 11.5. The maximum atomic E-state index is 6.06. The molecule has 3 rings (SSSR count). The van der Waals surface area contributed by atoms with E-state index in [9.17, 15) is 0 Å². The van der Waals surface area contributed by atoms with E-state index in [2.05, 4.69) is 16.9 Å². The van der Waals surface area contributed by atoms with Crippen LogP contribution in [0.1, 0.15) is 11.1 Å². The number of fused-ring (bicyclic) bond motifs is 1. The average Bonchev–Trinajstić information content (AvgIpc) is 2.67. The van der Waals surface area contributed by atoms with E-state index in [0.717, 1.165) is 41.3 Å². The standard InChI is InChI=1S/C18H17Cl2N3.ClH/c1-23-9-8-22-17(14-11-13(21)4-7-18(14)23)6-3-12-2-5-15(19)16(20)10-12;/h2-7,10-11H,8-9,21H2,1H3;1H. The van der Waals surface area contributed by atoms with E-state index >= 15 is 0 Å². The van der Waals surface area contributed by atoms with Gasteiger partial charge in [0.15, 0.2) is 0 Å². The lowest BCUT2D eigenvalue weighted by Gasteiger charge is -2.19. The Morgan fingerprint density at radius 1 is 1.08 bits per heavy atom. The van der Waals surface area contributed by atoms with Crippen LogP contribution >= 0.6 is 35.6 Å². The van der Waals surface area contributed by atoms with Gasteiger partial charge in [0.2, 0.25) is 0 Å². The van der Waals surface area contributed by atoms with Crippen molar-refractivity contribution in [1.29, 1.82) is 0 Å². The zero-order valence-corrected chi connectivity index (χ0v) is 15.5. The predicted molar refractivity (Wildman–Crippen MR) is 108 cm³/mol. The molecule has 126 valence electrons. The molecule has 1 aliphatic heterocycles. The fraction of sp³-hybridized carbons (Fsp3) is 0.167. The molecule has 1 heterocycles. The summed E-state index contributed by atoms with van der Waals surface area (Å²) in [4.78, 5) is 6.88. The molecule has 6 heteroatoms. The topological polar surface area (TPSA) is 41.6 Å². The van der Waals surface area contributed by atoms with Crippen LogP contribution in [0, 0.1) is 0 Å². The Hall–Kier alpha value is -1.68. The van der Waals surface area contributed by atoms with Gasteiger partial charge < -0.3 is 10.6 Å². The summed E-state index contributed by atoms with van der Waals surface area (Å²) >= 11 is 12.0. The zero-order valence-electron chi connectivity index (χ0n) is 13.2. The van der Waals surface area contributed by atoms with Gasteiger partial charge in [-0.15, -0.1) is 12.4 Å². The molecule has 2 N–H and O–H groups in total. The van der Waals surface area contributed by atoms with E-state index in [1.54, 1.807) is 6.07 Å². The summed E-state index contributed by atoms with van der Waals surface area (Å²) in [6.07, 6.45) is 3.98. The molecule has 24 heavy (non-hydrogen) atoms. The highest BCUT2D eigenvalue weighted by molar-refractivity contribution is 6.42. The SMILES string of the molecule is CN1CCN=C(C=Cc2ccc(Cl)c(Cl)c2)c2cc(N)ccc21.Cl. The maximum absolute atomic E-state index is 6.06. The van der Waals surface area contributed by atoms with Crippen molar-refractivity contribution < 1.29 is 0 Å². The van der Waals surface area contributed by atoms with Gasteiger partial charge in [-0.2, -0.15) is 0 Å². The number of benzene rings is 2. The summed E-state index contributed by atoms with van der Waals surface area (Å²) < 4.78 is 0. The summed E-state index contributed by atoms with van der Waals surface area (Å²) in [5.74, 6) is 0. The van der Waals surface area contributed by atoms with E-state index in [1.165, 1.54) is 0 Å². The largest absolute Gasteiger partial charge is 0.399 e. The number of halogens is 3. The highest BCUT2D eigenvalue weighted by Gasteiger charge is 2.14. The molecule has 0 aliphatic carbocycles. The van der Waals surface area contributed by atoms with E-state index < -0.39 is 0 Å². The summed E-state index contributed by atoms with van der Waals surface area (Å²) in [7, 11) is 2.07.